The van der Waals surface area contributed by atoms with Gasteiger partial charge in [-0.3, -0.25) is 4.98 Å². The highest BCUT2D eigenvalue weighted by atomic mass is 16.3. The van der Waals surface area contributed by atoms with E-state index in [1.54, 1.807) is 25.3 Å². The molecule has 0 saturated heterocycles. The molecule has 2 nitrogen and oxygen atoms in total. The molecule has 0 saturated carbocycles. The minimum atomic E-state index is -0.473. The molecular weight excluding hydrogens is 114 g/mol. The Morgan fingerprint density at radius 3 is 2.89 bits per heavy atom. The first-order chi connectivity index (χ1) is 4.30. The van der Waals surface area contributed by atoms with E-state index >= 15 is 0 Å². The Labute approximate surface area is 54.2 Å². The van der Waals surface area contributed by atoms with Crippen molar-refractivity contribution in [1.82, 2.24) is 4.98 Å². The van der Waals surface area contributed by atoms with Gasteiger partial charge in [-0.2, -0.15) is 0 Å². The summed E-state index contributed by atoms with van der Waals surface area (Å²) in [5.74, 6) is 0. The van der Waals surface area contributed by atoms with E-state index in [9.17, 15) is 0 Å². The fraction of sp³-hybridized carbons (Fsp3) is 0.286. The Morgan fingerprint density at radius 1 is 1.78 bits per heavy atom. The summed E-state index contributed by atoms with van der Waals surface area (Å²) in [7, 11) is 0. The fourth-order valence-electron chi connectivity index (χ4n) is 0.578. The molecule has 1 aromatic heterocycles. The van der Waals surface area contributed by atoms with Crippen LogP contribution in [0, 0.1) is 6.07 Å². The van der Waals surface area contributed by atoms with Crippen LogP contribution < -0.4 is 0 Å². The van der Waals surface area contributed by atoms with Crippen LogP contribution in [-0.4, -0.2) is 10.1 Å². The topological polar surface area (TPSA) is 33.1 Å². The highest BCUT2D eigenvalue weighted by Gasteiger charge is 1.97. The monoisotopic (exact) mass is 122 g/mol. The van der Waals surface area contributed by atoms with Crippen molar-refractivity contribution in [3.05, 3.63) is 30.1 Å². The van der Waals surface area contributed by atoms with Gasteiger partial charge in [0, 0.05) is 12.3 Å². The molecule has 0 spiro atoms. The molecule has 0 aliphatic rings. The minimum absolute atomic E-state index is 0.473. The maximum absolute atomic E-state index is 8.95. The van der Waals surface area contributed by atoms with Crippen LogP contribution in [-0.2, 0) is 0 Å². The highest BCUT2D eigenvalue weighted by Crippen LogP contribution is 2.04. The van der Waals surface area contributed by atoms with E-state index in [1.165, 1.54) is 0 Å². The van der Waals surface area contributed by atoms with Crippen LogP contribution in [0.4, 0.5) is 0 Å². The lowest BCUT2D eigenvalue weighted by Crippen LogP contribution is -1.92. The van der Waals surface area contributed by atoms with Gasteiger partial charge in [-0.1, -0.05) is 6.07 Å². The molecule has 0 fully saturated rings. The van der Waals surface area contributed by atoms with Crippen LogP contribution >= 0.6 is 0 Å². The third-order valence-electron chi connectivity index (χ3n) is 1.07. The van der Waals surface area contributed by atoms with Gasteiger partial charge < -0.3 is 5.11 Å². The zero-order valence-corrected chi connectivity index (χ0v) is 5.20. The molecule has 9 heavy (non-hydrogen) atoms. The summed E-state index contributed by atoms with van der Waals surface area (Å²) in [6.07, 6.45) is 1.07. The van der Waals surface area contributed by atoms with E-state index < -0.39 is 6.10 Å². The minimum Gasteiger partial charge on any atom is -0.387 e. The van der Waals surface area contributed by atoms with Crippen LogP contribution in [0.3, 0.4) is 0 Å². The summed E-state index contributed by atoms with van der Waals surface area (Å²) in [5.41, 5.74) is 0.689. The number of pyridine rings is 1. The smallest absolute Gasteiger partial charge is 0.0931 e. The number of nitrogens with zero attached hydrogens (tertiary/aromatic N) is 1. The number of rotatable bonds is 1. The number of aliphatic hydroxyl groups excluding tert-OH is 1. The van der Waals surface area contributed by atoms with Crippen LogP contribution in [0.5, 0.6) is 0 Å². The second-order valence-electron chi connectivity index (χ2n) is 1.86. The quantitative estimate of drug-likeness (QED) is 0.601. The van der Waals surface area contributed by atoms with Crippen molar-refractivity contribution < 1.29 is 5.11 Å². The van der Waals surface area contributed by atoms with Gasteiger partial charge in [0.25, 0.3) is 0 Å². The zero-order chi connectivity index (χ0) is 6.69. The molecule has 1 aromatic rings. The van der Waals surface area contributed by atoms with E-state index in [0.29, 0.717) is 5.69 Å². The molecule has 1 radical (unpaired) electrons. The molecule has 0 aliphatic carbocycles. The molecule has 47 valence electrons. The average molecular weight is 122 g/mol. The lowest BCUT2D eigenvalue weighted by molar-refractivity contribution is 0.194. The molecule has 0 aliphatic heterocycles. The Bertz CT molecular complexity index is 172. The summed E-state index contributed by atoms with van der Waals surface area (Å²) < 4.78 is 0. The first kappa shape index (κ1) is 6.23. The number of hydrogen-bond donors (Lipinski definition) is 1. The molecule has 0 bridgehead atoms. The second-order valence-corrected chi connectivity index (χ2v) is 1.86. The molecule has 0 aromatic carbocycles. The molecule has 1 rings (SSSR count). The lowest BCUT2D eigenvalue weighted by Gasteiger charge is -1.99. The van der Waals surface area contributed by atoms with Gasteiger partial charge in [-0.15, -0.1) is 0 Å². The predicted octanol–water partition coefficient (Wildman–Crippen LogP) is 0.935. The van der Waals surface area contributed by atoms with Crippen molar-refractivity contribution in [3.63, 3.8) is 0 Å². The van der Waals surface area contributed by atoms with E-state index in [2.05, 4.69) is 11.1 Å². The molecule has 1 unspecified atom stereocenters. The van der Waals surface area contributed by atoms with Gasteiger partial charge >= 0.3 is 0 Å². The van der Waals surface area contributed by atoms with Gasteiger partial charge in [-0.25, -0.2) is 0 Å². The van der Waals surface area contributed by atoms with Gasteiger partial charge in [0.1, 0.15) is 0 Å². The summed E-state index contributed by atoms with van der Waals surface area (Å²) >= 11 is 0. The zero-order valence-electron chi connectivity index (χ0n) is 5.20. The standard InChI is InChI=1S/C7H8NO/c1-6(9)7-4-2-3-5-8-7/h2,4-6,9H,1H3. The number of hydrogen-bond acceptors (Lipinski definition) is 2. The Balaban J connectivity index is 2.85. The van der Waals surface area contributed by atoms with Crippen molar-refractivity contribution >= 4 is 0 Å². The van der Waals surface area contributed by atoms with E-state index in [1.807, 2.05) is 0 Å². The van der Waals surface area contributed by atoms with E-state index in [-0.39, 0.29) is 0 Å². The summed E-state index contributed by atoms with van der Waals surface area (Å²) in [5, 5.41) is 8.95. The van der Waals surface area contributed by atoms with E-state index in [4.69, 9.17) is 5.11 Å². The summed E-state index contributed by atoms with van der Waals surface area (Å²) in [6.45, 7) is 1.68. The fourth-order valence-corrected chi connectivity index (χ4v) is 0.578. The Hall–Kier alpha value is -0.890. The summed E-state index contributed by atoms with van der Waals surface area (Å²) in [6, 6.07) is 6.24. The van der Waals surface area contributed by atoms with Crippen LogP contribution in [0.15, 0.2) is 18.3 Å². The third-order valence-corrected chi connectivity index (χ3v) is 1.07. The summed E-state index contributed by atoms with van der Waals surface area (Å²) in [4.78, 5) is 3.87. The SMILES string of the molecule is CC(O)c1cc[c]cn1. The molecule has 0 amide bonds. The van der Waals surface area contributed by atoms with Crippen molar-refractivity contribution in [2.24, 2.45) is 0 Å². The first-order valence-electron chi connectivity index (χ1n) is 2.81. The predicted molar refractivity (Wildman–Crippen MR) is 33.7 cm³/mol. The van der Waals surface area contributed by atoms with Crippen molar-refractivity contribution in [2.75, 3.05) is 0 Å². The number of aliphatic hydroxyl groups is 1. The number of aromatic nitrogens is 1. The lowest BCUT2D eigenvalue weighted by atomic mass is 10.2. The van der Waals surface area contributed by atoms with Crippen molar-refractivity contribution in [2.45, 2.75) is 13.0 Å². The largest absolute Gasteiger partial charge is 0.387 e. The Kier molecular flexibility index (Phi) is 1.80. The van der Waals surface area contributed by atoms with Crippen molar-refractivity contribution in [1.29, 1.82) is 0 Å². The average Bonchev–Trinajstić information content (AvgIpc) is 1.90. The van der Waals surface area contributed by atoms with Gasteiger partial charge in [-0.05, 0) is 13.0 Å². The molecule has 1 heterocycles. The second kappa shape index (κ2) is 2.60. The maximum atomic E-state index is 8.95. The van der Waals surface area contributed by atoms with Crippen LogP contribution in [0.1, 0.15) is 18.7 Å². The van der Waals surface area contributed by atoms with Crippen molar-refractivity contribution in [3.8, 4) is 0 Å². The normalized spacial score (nSPS) is 13.1. The maximum Gasteiger partial charge on any atom is 0.0931 e. The Morgan fingerprint density at radius 2 is 2.56 bits per heavy atom. The molecule has 1 N–H and O–H groups in total. The molecular formula is C7H8NO. The van der Waals surface area contributed by atoms with E-state index in [0.717, 1.165) is 0 Å². The van der Waals surface area contributed by atoms with Crippen LogP contribution in [0.2, 0.25) is 0 Å². The van der Waals surface area contributed by atoms with Gasteiger partial charge in [0.2, 0.25) is 0 Å². The van der Waals surface area contributed by atoms with Crippen LogP contribution in [0.25, 0.3) is 0 Å². The molecule has 1 atom stereocenters. The first-order valence-corrected chi connectivity index (χ1v) is 2.81. The van der Waals surface area contributed by atoms with Gasteiger partial charge in [0.05, 0.1) is 11.8 Å². The highest BCUT2D eigenvalue weighted by molar-refractivity contribution is 5.04. The molecule has 2 heteroatoms. The third kappa shape index (κ3) is 1.50. The van der Waals surface area contributed by atoms with Gasteiger partial charge in [0.15, 0.2) is 0 Å².